The van der Waals surface area contributed by atoms with Gasteiger partial charge in [0.25, 0.3) is 0 Å². The number of carbonyl (C=O) groups excluding carboxylic acids is 2. The summed E-state index contributed by atoms with van der Waals surface area (Å²) in [6.45, 7) is 3.39. The van der Waals surface area contributed by atoms with Gasteiger partial charge >= 0.3 is 5.97 Å². The van der Waals surface area contributed by atoms with Gasteiger partial charge in [0.15, 0.2) is 0 Å². The highest BCUT2D eigenvalue weighted by atomic mass is 16.5. The molecule has 0 bridgehead atoms. The topological polar surface area (TPSA) is 43.4 Å². The minimum Gasteiger partial charge on any atom is -0.462 e. The Morgan fingerprint density at radius 3 is 2.55 bits per heavy atom. The number of esters is 1. The van der Waals surface area contributed by atoms with Crippen LogP contribution < -0.4 is 0 Å². The Morgan fingerprint density at radius 2 is 2.18 bits per heavy atom. The van der Waals surface area contributed by atoms with Crippen LogP contribution in [0.25, 0.3) is 0 Å². The summed E-state index contributed by atoms with van der Waals surface area (Å²) in [5.74, 6) is -0.331. The van der Waals surface area contributed by atoms with Crippen molar-refractivity contribution in [2.24, 2.45) is 0 Å². The highest BCUT2D eigenvalue weighted by Gasteiger charge is 1.91. The summed E-state index contributed by atoms with van der Waals surface area (Å²) in [5, 5.41) is 0. The normalized spacial score (nSPS) is 10.9. The molecule has 0 aromatic carbocycles. The third kappa shape index (κ3) is 5.33. The monoisotopic (exact) mass is 156 g/mol. The van der Waals surface area contributed by atoms with Gasteiger partial charge in [-0.1, -0.05) is 6.92 Å². The Kier molecular flexibility index (Phi) is 5.07. The van der Waals surface area contributed by atoms with E-state index in [1.54, 1.807) is 6.08 Å². The minimum atomic E-state index is -0.331. The first kappa shape index (κ1) is 9.88. The van der Waals surface area contributed by atoms with Crippen LogP contribution in [0.2, 0.25) is 0 Å². The zero-order valence-electron chi connectivity index (χ0n) is 6.79. The molecule has 0 N–H and O–H groups in total. The van der Waals surface area contributed by atoms with E-state index in [9.17, 15) is 9.59 Å². The van der Waals surface area contributed by atoms with Gasteiger partial charge in [-0.25, -0.2) is 0 Å². The van der Waals surface area contributed by atoms with E-state index in [0.717, 1.165) is 6.29 Å². The van der Waals surface area contributed by atoms with E-state index in [2.05, 4.69) is 4.74 Å². The van der Waals surface area contributed by atoms with Crippen LogP contribution in [0.15, 0.2) is 11.6 Å². The number of ether oxygens (including phenoxy) is 1. The lowest BCUT2D eigenvalue weighted by molar-refractivity contribution is -0.139. The molecular formula is C8H12O3. The first-order chi connectivity index (χ1) is 5.20. The first-order valence-corrected chi connectivity index (χ1v) is 3.48. The minimum absolute atomic E-state index is 0.192. The predicted octanol–water partition coefficient (Wildman–Crippen LogP) is 1.08. The average molecular weight is 156 g/mol. The van der Waals surface area contributed by atoms with Gasteiger partial charge in [0, 0.05) is 6.92 Å². The van der Waals surface area contributed by atoms with Crippen molar-refractivity contribution in [1.82, 2.24) is 0 Å². The second-order valence-corrected chi connectivity index (χ2v) is 2.05. The maximum atomic E-state index is 10.3. The Labute approximate surface area is 66.0 Å². The van der Waals surface area contributed by atoms with Crippen molar-refractivity contribution in [3.63, 3.8) is 0 Å². The second-order valence-electron chi connectivity index (χ2n) is 2.05. The van der Waals surface area contributed by atoms with Crippen LogP contribution in [-0.4, -0.2) is 18.9 Å². The molecule has 0 aliphatic rings. The van der Waals surface area contributed by atoms with Crippen molar-refractivity contribution in [2.75, 3.05) is 6.61 Å². The summed E-state index contributed by atoms with van der Waals surface area (Å²) >= 11 is 0. The number of carbonyl (C=O) groups is 2. The summed E-state index contributed by atoms with van der Waals surface area (Å²) < 4.78 is 4.60. The molecule has 0 aliphatic heterocycles. The Bertz CT molecular complexity index is 170. The van der Waals surface area contributed by atoms with Crippen LogP contribution in [0.4, 0.5) is 0 Å². The molecule has 0 radical (unpaired) electrons. The fraction of sp³-hybridized carbons (Fsp3) is 0.500. The summed E-state index contributed by atoms with van der Waals surface area (Å²) in [7, 11) is 0. The molecule has 0 unspecified atom stereocenters. The van der Waals surface area contributed by atoms with E-state index in [1.165, 1.54) is 6.92 Å². The largest absolute Gasteiger partial charge is 0.462 e. The molecule has 0 aromatic rings. The molecule has 0 atom stereocenters. The van der Waals surface area contributed by atoms with Gasteiger partial charge < -0.3 is 4.74 Å². The van der Waals surface area contributed by atoms with Gasteiger partial charge in [0.1, 0.15) is 12.9 Å². The molecule has 3 heteroatoms. The van der Waals surface area contributed by atoms with E-state index >= 15 is 0 Å². The maximum absolute atomic E-state index is 10.3. The zero-order valence-corrected chi connectivity index (χ0v) is 6.79. The predicted molar refractivity (Wildman–Crippen MR) is 41.1 cm³/mol. The molecule has 0 amide bonds. The standard InChI is InChI=1S/C8H12O3/c1-3-8(6-9)4-5-11-7(2)10/h4,6H,3,5H2,1-2H3/b8-4+. The summed E-state index contributed by atoms with van der Waals surface area (Å²) in [4.78, 5) is 20.5. The van der Waals surface area contributed by atoms with Crippen molar-refractivity contribution < 1.29 is 14.3 Å². The number of rotatable bonds is 4. The van der Waals surface area contributed by atoms with Crippen LogP contribution in [0, 0.1) is 0 Å². The number of aldehydes is 1. The lowest BCUT2D eigenvalue weighted by Gasteiger charge is -1.96. The molecule has 0 aliphatic carbocycles. The third-order valence-corrected chi connectivity index (χ3v) is 1.19. The lowest BCUT2D eigenvalue weighted by atomic mass is 10.2. The molecule has 3 nitrogen and oxygen atoms in total. The smallest absolute Gasteiger partial charge is 0.302 e. The molecule has 0 aromatic heterocycles. The molecule has 0 heterocycles. The quantitative estimate of drug-likeness (QED) is 0.347. The van der Waals surface area contributed by atoms with Crippen LogP contribution in [0.3, 0.4) is 0 Å². The van der Waals surface area contributed by atoms with E-state index < -0.39 is 0 Å². The molecule has 0 fully saturated rings. The summed E-state index contributed by atoms with van der Waals surface area (Å²) in [6.07, 6.45) is 3.04. The Balaban J connectivity index is 3.70. The van der Waals surface area contributed by atoms with Crippen LogP contribution in [0.5, 0.6) is 0 Å². The van der Waals surface area contributed by atoms with Crippen molar-refractivity contribution in [3.05, 3.63) is 11.6 Å². The van der Waals surface area contributed by atoms with Crippen molar-refractivity contribution >= 4 is 12.3 Å². The zero-order chi connectivity index (χ0) is 8.69. The second kappa shape index (κ2) is 5.65. The fourth-order valence-electron chi connectivity index (χ4n) is 0.542. The number of hydrogen-bond acceptors (Lipinski definition) is 3. The van der Waals surface area contributed by atoms with Gasteiger partial charge in [-0.15, -0.1) is 0 Å². The highest BCUT2D eigenvalue weighted by Crippen LogP contribution is 1.94. The summed E-state index contributed by atoms with van der Waals surface area (Å²) in [6, 6.07) is 0. The van der Waals surface area contributed by atoms with E-state index in [-0.39, 0.29) is 12.6 Å². The van der Waals surface area contributed by atoms with Gasteiger partial charge in [0.2, 0.25) is 0 Å². The van der Waals surface area contributed by atoms with Crippen molar-refractivity contribution in [3.8, 4) is 0 Å². The Morgan fingerprint density at radius 1 is 1.55 bits per heavy atom. The molecule has 0 spiro atoms. The lowest BCUT2D eigenvalue weighted by Crippen LogP contribution is -1.98. The number of hydrogen-bond donors (Lipinski definition) is 0. The molecule has 0 rings (SSSR count). The van der Waals surface area contributed by atoms with Crippen LogP contribution in [-0.2, 0) is 14.3 Å². The maximum Gasteiger partial charge on any atom is 0.302 e. The van der Waals surface area contributed by atoms with E-state index in [4.69, 9.17) is 0 Å². The molecule has 0 saturated carbocycles. The third-order valence-electron chi connectivity index (χ3n) is 1.19. The fourth-order valence-corrected chi connectivity index (χ4v) is 0.542. The molecular weight excluding hydrogens is 144 g/mol. The SMILES string of the molecule is CC/C(C=O)=C\COC(C)=O. The summed E-state index contributed by atoms with van der Waals surface area (Å²) in [5.41, 5.74) is 0.659. The molecule has 62 valence electrons. The van der Waals surface area contributed by atoms with Gasteiger partial charge in [-0.05, 0) is 18.1 Å². The van der Waals surface area contributed by atoms with Crippen molar-refractivity contribution in [2.45, 2.75) is 20.3 Å². The van der Waals surface area contributed by atoms with E-state index in [1.807, 2.05) is 6.92 Å². The number of allylic oxidation sites excluding steroid dienone is 1. The van der Waals surface area contributed by atoms with Gasteiger partial charge in [-0.3, -0.25) is 9.59 Å². The van der Waals surface area contributed by atoms with Crippen LogP contribution in [0.1, 0.15) is 20.3 Å². The van der Waals surface area contributed by atoms with Gasteiger partial charge in [0.05, 0.1) is 0 Å². The van der Waals surface area contributed by atoms with Gasteiger partial charge in [-0.2, -0.15) is 0 Å². The van der Waals surface area contributed by atoms with Crippen LogP contribution >= 0.6 is 0 Å². The molecule has 0 saturated heterocycles. The van der Waals surface area contributed by atoms with Crippen molar-refractivity contribution in [1.29, 1.82) is 0 Å². The average Bonchev–Trinajstić information content (AvgIpc) is 1.98. The highest BCUT2D eigenvalue weighted by molar-refractivity contribution is 5.73. The van der Waals surface area contributed by atoms with E-state index in [0.29, 0.717) is 12.0 Å². The Hall–Kier alpha value is -1.12. The first-order valence-electron chi connectivity index (χ1n) is 3.48. The molecule has 11 heavy (non-hydrogen) atoms.